The number of benzene rings is 2. The van der Waals surface area contributed by atoms with Crippen LogP contribution in [0.15, 0.2) is 60.0 Å². The van der Waals surface area contributed by atoms with Gasteiger partial charge in [0.1, 0.15) is 0 Å². The fourth-order valence-corrected chi connectivity index (χ4v) is 3.59. The first-order chi connectivity index (χ1) is 12.5. The molecule has 1 unspecified atom stereocenters. The van der Waals surface area contributed by atoms with E-state index in [1.165, 1.54) is 17.3 Å². The third-order valence-electron chi connectivity index (χ3n) is 4.28. The minimum absolute atomic E-state index is 0.0250. The molecule has 4 nitrogen and oxygen atoms in total. The summed E-state index contributed by atoms with van der Waals surface area (Å²) in [5.74, 6) is -0.0250. The van der Waals surface area contributed by atoms with Gasteiger partial charge in [-0.3, -0.25) is 9.36 Å². The molecule has 0 fully saturated rings. The predicted octanol–water partition coefficient (Wildman–Crippen LogP) is 4.92. The van der Waals surface area contributed by atoms with Crippen molar-refractivity contribution in [3.8, 4) is 5.69 Å². The molecule has 0 aliphatic rings. The number of aryl methyl sites for hydroxylation is 3. The SMILES string of the molecule is Cc1ccc(C)c(NC(=O)C(C)Sc2nccn2-c2ccccc2C)c1. The Balaban J connectivity index is 1.76. The summed E-state index contributed by atoms with van der Waals surface area (Å²) in [5, 5.41) is 3.58. The first-order valence-corrected chi connectivity index (χ1v) is 9.48. The van der Waals surface area contributed by atoms with Crippen LogP contribution in [0, 0.1) is 20.8 Å². The van der Waals surface area contributed by atoms with E-state index in [1.807, 2.05) is 61.9 Å². The molecule has 1 aromatic heterocycles. The first kappa shape index (κ1) is 18.3. The number of hydrogen-bond acceptors (Lipinski definition) is 3. The van der Waals surface area contributed by atoms with Crippen LogP contribution < -0.4 is 5.32 Å². The summed E-state index contributed by atoms with van der Waals surface area (Å²) in [6.07, 6.45) is 3.70. The number of nitrogens with one attached hydrogen (secondary N) is 1. The van der Waals surface area contributed by atoms with Gasteiger partial charge in [-0.2, -0.15) is 0 Å². The van der Waals surface area contributed by atoms with E-state index in [4.69, 9.17) is 0 Å². The molecule has 0 saturated heterocycles. The Hall–Kier alpha value is -2.53. The number of thioether (sulfide) groups is 1. The molecule has 0 aliphatic heterocycles. The maximum atomic E-state index is 12.6. The maximum absolute atomic E-state index is 12.6. The molecule has 5 heteroatoms. The van der Waals surface area contributed by atoms with Crippen LogP contribution in [0.25, 0.3) is 5.69 Å². The minimum Gasteiger partial charge on any atom is -0.325 e. The van der Waals surface area contributed by atoms with Crippen molar-refractivity contribution in [2.75, 3.05) is 5.32 Å². The quantitative estimate of drug-likeness (QED) is 0.653. The Morgan fingerprint density at radius 3 is 2.65 bits per heavy atom. The molecule has 0 saturated carbocycles. The normalized spacial score (nSPS) is 12.0. The fourth-order valence-electron chi connectivity index (χ4n) is 2.71. The van der Waals surface area contributed by atoms with Crippen LogP contribution in [0.5, 0.6) is 0 Å². The summed E-state index contributed by atoms with van der Waals surface area (Å²) in [5.41, 5.74) is 5.29. The standard InChI is InChI=1S/C21H23N3OS/c1-14-9-10-15(2)18(13-14)23-20(25)17(4)26-21-22-11-12-24(21)19-8-6-5-7-16(19)3/h5-13,17H,1-4H3,(H,23,25). The smallest absolute Gasteiger partial charge is 0.237 e. The highest BCUT2D eigenvalue weighted by Gasteiger charge is 2.19. The Morgan fingerprint density at radius 1 is 1.12 bits per heavy atom. The zero-order valence-electron chi connectivity index (χ0n) is 15.5. The van der Waals surface area contributed by atoms with E-state index in [0.717, 1.165) is 27.7 Å². The summed E-state index contributed by atoms with van der Waals surface area (Å²) < 4.78 is 2.03. The summed E-state index contributed by atoms with van der Waals surface area (Å²) in [7, 11) is 0. The Bertz CT molecular complexity index is 933. The second kappa shape index (κ2) is 7.79. The molecule has 134 valence electrons. The van der Waals surface area contributed by atoms with E-state index in [2.05, 4.69) is 29.4 Å². The van der Waals surface area contributed by atoms with Crippen LogP contribution in [-0.2, 0) is 4.79 Å². The van der Waals surface area contributed by atoms with E-state index in [0.29, 0.717) is 0 Å². The Labute approximate surface area is 158 Å². The summed E-state index contributed by atoms with van der Waals surface area (Å²) in [6.45, 7) is 7.99. The zero-order valence-corrected chi connectivity index (χ0v) is 16.3. The van der Waals surface area contributed by atoms with E-state index in [-0.39, 0.29) is 11.2 Å². The predicted molar refractivity (Wildman–Crippen MR) is 108 cm³/mol. The van der Waals surface area contributed by atoms with Crippen molar-refractivity contribution >= 4 is 23.4 Å². The van der Waals surface area contributed by atoms with Gasteiger partial charge in [0.15, 0.2) is 5.16 Å². The number of amides is 1. The second-order valence-electron chi connectivity index (χ2n) is 6.43. The van der Waals surface area contributed by atoms with Crippen LogP contribution in [-0.4, -0.2) is 20.7 Å². The Kier molecular flexibility index (Phi) is 5.47. The van der Waals surface area contributed by atoms with Crippen molar-refractivity contribution < 1.29 is 4.79 Å². The van der Waals surface area contributed by atoms with Gasteiger partial charge in [-0.05, 0) is 56.5 Å². The molecule has 1 N–H and O–H groups in total. The number of carbonyl (C=O) groups is 1. The number of imidazole rings is 1. The summed E-state index contributed by atoms with van der Waals surface area (Å²) >= 11 is 1.46. The lowest BCUT2D eigenvalue weighted by Crippen LogP contribution is -2.23. The molecule has 3 rings (SSSR count). The molecule has 0 spiro atoms. The highest BCUT2D eigenvalue weighted by atomic mass is 32.2. The van der Waals surface area contributed by atoms with Gasteiger partial charge in [-0.25, -0.2) is 4.98 Å². The third-order valence-corrected chi connectivity index (χ3v) is 5.36. The molecular formula is C21H23N3OS. The van der Waals surface area contributed by atoms with E-state index >= 15 is 0 Å². The Morgan fingerprint density at radius 2 is 1.88 bits per heavy atom. The molecule has 0 bridgehead atoms. The number of aromatic nitrogens is 2. The fraction of sp³-hybridized carbons (Fsp3) is 0.238. The van der Waals surface area contributed by atoms with Gasteiger partial charge in [0.05, 0.1) is 10.9 Å². The molecule has 1 heterocycles. The molecule has 3 aromatic rings. The van der Waals surface area contributed by atoms with Crippen molar-refractivity contribution in [1.29, 1.82) is 0 Å². The molecule has 26 heavy (non-hydrogen) atoms. The average Bonchev–Trinajstić information content (AvgIpc) is 3.06. The molecule has 0 radical (unpaired) electrons. The van der Waals surface area contributed by atoms with Crippen LogP contribution in [0.1, 0.15) is 23.6 Å². The molecular weight excluding hydrogens is 342 g/mol. The number of carbonyl (C=O) groups excluding carboxylic acids is 1. The summed E-state index contributed by atoms with van der Waals surface area (Å²) in [6, 6.07) is 14.2. The van der Waals surface area contributed by atoms with Crippen molar-refractivity contribution in [3.05, 3.63) is 71.5 Å². The van der Waals surface area contributed by atoms with Gasteiger partial charge in [0.25, 0.3) is 0 Å². The van der Waals surface area contributed by atoms with Crippen LogP contribution in [0.4, 0.5) is 5.69 Å². The van der Waals surface area contributed by atoms with Crippen molar-refractivity contribution in [2.45, 2.75) is 38.1 Å². The monoisotopic (exact) mass is 365 g/mol. The topological polar surface area (TPSA) is 46.9 Å². The van der Waals surface area contributed by atoms with E-state index in [1.54, 1.807) is 6.20 Å². The number of rotatable bonds is 5. The number of nitrogens with zero attached hydrogens (tertiary/aromatic N) is 2. The van der Waals surface area contributed by atoms with Gasteiger partial charge < -0.3 is 5.32 Å². The van der Waals surface area contributed by atoms with Crippen LogP contribution in [0.3, 0.4) is 0 Å². The van der Waals surface area contributed by atoms with Crippen molar-refractivity contribution in [2.24, 2.45) is 0 Å². The lowest BCUT2D eigenvalue weighted by molar-refractivity contribution is -0.115. The number of hydrogen-bond donors (Lipinski definition) is 1. The largest absolute Gasteiger partial charge is 0.325 e. The van der Waals surface area contributed by atoms with Gasteiger partial charge in [-0.15, -0.1) is 0 Å². The number of para-hydroxylation sites is 1. The second-order valence-corrected chi connectivity index (χ2v) is 7.74. The van der Waals surface area contributed by atoms with Gasteiger partial charge in [0, 0.05) is 18.1 Å². The highest BCUT2D eigenvalue weighted by molar-refractivity contribution is 8.00. The van der Waals surface area contributed by atoms with Gasteiger partial charge >= 0.3 is 0 Å². The molecule has 1 amide bonds. The lowest BCUT2D eigenvalue weighted by Gasteiger charge is -2.15. The first-order valence-electron chi connectivity index (χ1n) is 8.60. The van der Waals surface area contributed by atoms with E-state index < -0.39 is 0 Å². The van der Waals surface area contributed by atoms with E-state index in [9.17, 15) is 4.79 Å². The minimum atomic E-state index is -0.264. The van der Waals surface area contributed by atoms with Crippen molar-refractivity contribution in [3.63, 3.8) is 0 Å². The van der Waals surface area contributed by atoms with Crippen LogP contribution >= 0.6 is 11.8 Å². The lowest BCUT2D eigenvalue weighted by atomic mass is 10.1. The number of anilines is 1. The van der Waals surface area contributed by atoms with Crippen LogP contribution in [0.2, 0.25) is 0 Å². The van der Waals surface area contributed by atoms with Gasteiger partial charge in [0.2, 0.25) is 5.91 Å². The molecule has 2 aromatic carbocycles. The van der Waals surface area contributed by atoms with Gasteiger partial charge in [-0.1, -0.05) is 42.1 Å². The highest BCUT2D eigenvalue weighted by Crippen LogP contribution is 2.27. The molecule has 1 atom stereocenters. The third kappa shape index (κ3) is 3.99. The summed E-state index contributed by atoms with van der Waals surface area (Å²) in [4.78, 5) is 17.1. The van der Waals surface area contributed by atoms with Crippen molar-refractivity contribution in [1.82, 2.24) is 9.55 Å². The average molecular weight is 366 g/mol. The molecule has 0 aliphatic carbocycles. The maximum Gasteiger partial charge on any atom is 0.237 e. The zero-order chi connectivity index (χ0) is 18.7.